The zero-order chi connectivity index (χ0) is 13.7. The molecule has 1 aromatic heterocycles. The summed E-state index contributed by atoms with van der Waals surface area (Å²) in [7, 11) is 0. The monoisotopic (exact) mass is 271 g/mol. The molecule has 0 bridgehead atoms. The zero-order valence-electron chi connectivity index (χ0n) is 11.4. The number of carboxylic acids is 1. The Bertz CT molecular complexity index is 402. The molecule has 0 aliphatic carbocycles. The quantitative estimate of drug-likeness (QED) is 0.772. The number of nitrogens with zero attached hydrogens (tertiary/aromatic N) is 3. The maximum absolute atomic E-state index is 10.6. The van der Waals surface area contributed by atoms with Gasteiger partial charge in [0.05, 0.1) is 5.75 Å². The average molecular weight is 271 g/mol. The lowest BCUT2D eigenvalue weighted by atomic mass is 10.1. The van der Waals surface area contributed by atoms with Crippen LogP contribution in [0.4, 0.5) is 0 Å². The van der Waals surface area contributed by atoms with Crippen LogP contribution in [0.2, 0.25) is 0 Å². The summed E-state index contributed by atoms with van der Waals surface area (Å²) in [6.07, 6.45) is 1.95. The fourth-order valence-corrected chi connectivity index (χ4v) is 2.45. The van der Waals surface area contributed by atoms with Crippen molar-refractivity contribution in [2.24, 2.45) is 5.92 Å². The van der Waals surface area contributed by atoms with Gasteiger partial charge in [-0.1, -0.05) is 25.6 Å². The maximum atomic E-state index is 10.6. The van der Waals surface area contributed by atoms with Crippen molar-refractivity contribution in [1.82, 2.24) is 14.8 Å². The molecule has 0 saturated heterocycles. The molecule has 1 rings (SSSR count). The molecular formula is C12H21N3O2S. The summed E-state index contributed by atoms with van der Waals surface area (Å²) in [6, 6.07) is 0.249. The fraction of sp³-hybridized carbons (Fsp3) is 0.750. The Balaban J connectivity index is 2.81. The molecule has 18 heavy (non-hydrogen) atoms. The first kappa shape index (κ1) is 15.0. The van der Waals surface area contributed by atoms with Crippen LogP contribution in [0.5, 0.6) is 0 Å². The summed E-state index contributed by atoms with van der Waals surface area (Å²) in [6.45, 7) is 8.48. The highest BCUT2D eigenvalue weighted by atomic mass is 32.2. The van der Waals surface area contributed by atoms with Crippen LogP contribution in [0.1, 0.15) is 46.0 Å². The predicted octanol–water partition coefficient (Wildman–Crippen LogP) is 2.62. The SMILES string of the molecule is CC(C)CCc1nnc(SCC(=O)O)n1C(C)C. The molecular weight excluding hydrogens is 250 g/mol. The minimum atomic E-state index is -0.831. The van der Waals surface area contributed by atoms with Gasteiger partial charge in [0.1, 0.15) is 5.82 Å². The highest BCUT2D eigenvalue weighted by Crippen LogP contribution is 2.22. The molecule has 0 aliphatic heterocycles. The van der Waals surface area contributed by atoms with E-state index < -0.39 is 5.97 Å². The van der Waals surface area contributed by atoms with E-state index in [0.717, 1.165) is 18.7 Å². The summed E-state index contributed by atoms with van der Waals surface area (Å²) in [4.78, 5) is 10.6. The van der Waals surface area contributed by atoms with Gasteiger partial charge in [0, 0.05) is 12.5 Å². The topological polar surface area (TPSA) is 68.0 Å². The molecule has 0 amide bonds. The van der Waals surface area contributed by atoms with Gasteiger partial charge in [0.25, 0.3) is 0 Å². The highest BCUT2D eigenvalue weighted by Gasteiger charge is 2.16. The lowest BCUT2D eigenvalue weighted by molar-refractivity contribution is -0.133. The Kier molecular flexibility index (Phi) is 5.65. The summed E-state index contributed by atoms with van der Waals surface area (Å²) >= 11 is 1.23. The minimum absolute atomic E-state index is 0.0229. The first-order chi connectivity index (χ1) is 8.41. The normalized spacial score (nSPS) is 11.4. The van der Waals surface area contributed by atoms with E-state index >= 15 is 0 Å². The van der Waals surface area contributed by atoms with Crippen molar-refractivity contribution in [2.75, 3.05) is 5.75 Å². The Morgan fingerprint density at radius 1 is 1.33 bits per heavy atom. The third-order valence-corrected chi connectivity index (χ3v) is 3.45. The summed E-state index contributed by atoms with van der Waals surface area (Å²) in [5, 5.41) is 17.7. The van der Waals surface area contributed by atoms with Gasteiger partial charge < -0.3 is 9.67 Å². The number of rotatable bonds is 7. The number of hydrogen-bond donors (Lipinski definition) is 1. The van der Waals surface area contributed by atoms with Crippen molar-refractivity contribution in [3.05, 3.63) is 5.82 Å². The second-order valence-electron chi connectivity index (χ2n) is 4.98. The standard InChI is InChI=1S/C12H21N3O2S/c1-8(2)5-6-10-13-14-12(15(10)9(3)4)18-7-11(16)17/h8-9H,5-7H2,1-4H3,(H,16,17). The molecule has 0 saturated carbocycles. The molecule has 0 unspecified atom stereocenters. The van der Waals surface area contributed by atoms with E-state index in [4.69, 9.17) is 5.11 Å². The van der Waals surface area contributed by atoms with Crippen LogP contribution in [-0.4, -0.2) is 31.6 Å². The largest absolute Gasteiger partial charge is 0.481 e. The van der Waals surface area contributed by atoms with E-state index in [1.54, 1.807) is 0 Å². The van der Waals surface area contributed by atoms with Gasteiger partial charge in [0.15, 0.2) is 5.16 Å². The van der Waals surface area contributed by atoms with Gasteiger partial charge in [-0.3, -0.25) is 4.79 Å². The Morgan fingerprint density at radius 3 is 2.50 bits per heavy atom. The molecule has 6 heteroatoms. The fourth-order valence-electron chi connectivity index (χ4n) is 1.64. The van der Waals surface area contributed by atoms with Gasteiger partial charge in [-0.15, -0.1) is 10.2 Å². The molecule has 1 aromatic rings. The van der Waals surface area contributed by atoms with Crippen LogP contribution in [0, 0.1) is 5.92 Å². The van der Waals surface area contributed by atoms with E-state index in [1.807, 2.05) is 4.57 Å². The van der Waals surface area contributed by atoms with E-state index in [1.165, 1.54) is 11.8 Å². The first-order valence-corrected chi connectivity index (χ1v) is 7.18. The number of aryl methyl sites for hydroxylation is 1. The maximum Gasteiger partial charge on any atom is 0.313 e. The van der Waals surface area contributed by atoms with Crippen molar-refractivity contribution in [3.8, 4) is 0 Å². The van der Waals surface area contributed by atoms with Crippen LogP contribution in [-0.2, 0) is 11.2 Å². The second-order valence-corrected chi connectivity index (χ2v) is 5.92. The molecule has 0 atom stereocenters. The molecule has 0 fully saturated rings. The molecule has 102 valence electrons. The van der Waals surface area contributed by atoms with E-state index in [0.29, 0.717) is 11.1 Å². The van der Waals surface area contributed by atoms with Crippen molar-refractivity contribution in [1.29, 1.82) is 0 Å². The summed E-state index contributed by atoms with van der Waals surface area (Å²) in [5.41, 5.74) is 0. The summed E-state index contributed by atoms with van der Waals surface area (Å²) in [5.74, 6) is 0.765. The zero-order valence-corrected chi connectivity index (χ0v) is 12.2. The third kappa shape index (κ3) is 4.33. The molecule has 0 aromatic carbocycles. The van der Waals surface area contributed by atoms with Crippen molar-refractivity contribution in [3.63, 3.8) is 0 Å². The van der Waals surface area contributed by atoms with Gasteiger partial charge >= 0.3 is 5.97 Å². The Morgan fingerprint density at radius 2 is 2.00 bits per heavy atom. The Hall–Kier alpha value is -1.04. The van der Waals surface area contributed by atoms with E-state index in [2.05, 4.69) is 37.9 Å². The average Bonchev–Trinajstić information content (AvgIpc) is 2.66. The van der Waals surface area contributed by atoms with Crippen molar-refractivity contribution >= 4 is 17.7 Å². The van der Waals surface area contributed by atoms with E-state index in [9.17, 15) is 4.79 Å². The van der Waals surface area contributed by atoms with Crippen LogP contribution in [0.25, 0.3) is 0 Å². The molecule has 5 nitrogen and oxygen atoms in total. The van der Waals surface area contributed by atoms with Crippen molar-refractivity contribution in [2.45, 2.75) is 51.7 Å². The van der Waals surface area contributed by atoms with Gasteiger partial charge in [-0.25, -0.2) is 0 Å². The van der Waals surface area contributed by atoms with Gasteiger partial charge in [-0.2, -0.15) is 0 Å². The Labute approximate surface area is 112 Å². The van der Waals surface area contributed by atoms with Crippen LogP contribution in [0.3, 0.4) is 0 Å². The molecule has 0 spiro atoms. The highest BCUT2D eigenvalue weighted by molar-refractivity contribution is 7.99. The molecule has 1 N–H and O–H groups in total. The van der Waals surface area contributed by atoms with Crippen LogP contribution in [0.15, 0.2) is 5.16 Å². The molecule has 0 aliphatic rings. The molecule has 0 radical (unpaired) electrons. The minimum Gasteiger partial charge on any atom is -0.481 e. The lowest BCUT2D eigenvalue weighted by Gasteiger charge is -2.13. The summed E-state index contributed by atoms with van der Waals surface area (Å²) < 4.78 is 2.04. The number of carbonyl (C=O) groups is 1. The van der Waals surface area contributed by atoms with Gasteiger partial charge in [0.2, 0.25) is 0 Å². The number of hydrogen-bond acceptors (Lipinski definition) is 4. The number of aliphatic carboxylic acids is 1. The van der Waals surface area contributed by atoms with Crippen LogP contribution < -0.4 is 0 Å². The van der Waals surface area contributed by atoms with Crippen molar-refractivity contribution < 1.29 is 9.90 Å². The number of aromatic nitrogens is 3. The lowest BCUT2D eigenvalue weighted by Crippen LogP contribution is -2.10. The van der Waals surface area contributed by atoms with E-state index in [-0.39, 0.29) is 11.8 Å². The predicted molar refractivity (Wildman–Crippen MR) is 71.9 cm³/mol. The van der Waals surface area contributed by atoms with Gasteiger partial charge in [-0.05, 0) is 26.2 Å². The second kappa shape index (κ2) is 6.78. The number of thioether (sulfide) groups is 1. The number of carboxylic acid groups (broad SMARTS) is 1. The van der Waals surface area contributed by atoms with Crippen LogP contribution >= 0.6 is 11.8 Å². The first-order valence-electron chi connectivity index (χ1n) is 6.20. The molecule has 1 heterocycles. The smallest absolute Gasteiger partial charge is 0.313 e. The third-order valence-electron chi connectivity index (χ3n) is 2.52.